The number of allylic oxidation sites excluding steroid dienone is 3. The lowest BCUT2D eigenvalue weighted by Gasteiger charge is -2.16. The van der Waals surface area contributed by atoms with E-state index in [2.05, 4.69) is 20.5 Å². The normalized spacial score (nSPS) is 15.6. The van der Waals surface area contributed by atoms with Crippen LogP contribution in [0.2, 0.25) is 0 Å². The second kappa shape index (κ2) is 15.5. The fraction of sp³-hybridized carbons (Fsp3) is 0.577. The number of aliphatic imine (C=N–C) groups is 1. The molecule has 0 atom stereocenters. The second-order valence-corrected chi connectivity index (χ2v) is 11.2. The molecule has 36 heavy (non-hydrogen) atoms. The van der Waals surface area contributed by atoms with Crippen molar-refractivity contribution in [3.05, 3.63) is 41.9 Å². The molecule has 2 rings (SSSR count). The smallest absolute Gasteiger partial charge is 0.215 e. The maximum absolute atomic E-state index is 11.9. The van der Waals surface area contributed by atoms with Gasteiger partial charge in [0.2, 0.25) is 10.0 Å². The Morgan fingerprint density at radius 3 is 2.64 bits per heavy atom. The van der Waals surface area contributed by atoms with Crippen molar-refractivity contribution in [3.63, 3.8) is 0 Å². The van der Waals surface area contributed by atoms with Crippen LogP contribution in [0.1, 0.15) is 39.5 Å². The summed E-state index contributed by atoms with van der Waals surface area (Å²) in [6, 6.07) is 5.76. The van der Waals surface area contributed by atoms with Gasteiger partial charge in [-0.3, -0.25) is 0 Å². The van der Waals surface area contributed by atoms with E-state index in [1.807, 2.05) is 44.2 Å². The molecule has 2 N–H and O–H groups in total. The molecule has 0 radical (unpaired) electrons. The number of nitrogens with one attached hydrogen (secondary N) is 2. The van der Waals surface area contributed by atoms with Crippen LogP contribution in [0.3, 0.4) is 0 Å². The van der Waals surface area contributed by atoms with Crippen LogP contribution in [0.4, 0.5) is 5.69 Å². The Bertz CT molecular complexity index is 1000. The largest absolute Gasteiger partial charge is 0.493 e. The molecule has 0 saturated carbocycles. The van der Waals surface area contributed by atoms with Gasteiger partial charge in [-0.05, 0) is 70.0 Å². The van der Waals surface area contributed by atoms with Crippen LogP contribution in [0.5, 0.6) is 11.5 Å². The number of rotatable bonds is 16. The number of benzene rings is 1. The molecule has 0 bridgehead atoms. The Hall–Kier alpha value is -2.56. The van der Waals surface area contributed by atoms with E-state index in [1.165, 1.54) is 44.3 Å². The van der Waals surface area contributed by atoms with Crippen molar-refractivity contribution in [1.82, 2.24) is 14.5 Å². The van der Waals surface area contributed by atoms with Gasteiger partial charge in [-0.2, -0.15) is 0 Å². The molecule has 1 aromatic carbocycles. The molecule has 0 aromatic heterocycles. The summed E-state index contributed by atoms with van der Waals surface area (Å²) in [5.41, 5.74) is 1.69. The van der Waals surface area contributed by atoms with Gasteiger partial charge in [0.15, 0.2) is 11.5 Å². The van der Waals surface area contributed by atoms with Crippen LogP contribution >= 0.6 is 0 Å². The SMILES string of the molecule is CC/C=C(/N=C\C=C(/C)NCCS(=O)(=O)N(C)C)Nc1ccc(OC)c(OCCCN2CCCC2)c1. The third-order valence-electron chi connectivity index (χ3n) is 5.77. The Kier molecular flexibility index (Phi) is 12.8. The van der Waals surface area contributed by atoms with Crippen LogP contribution in [-0.4, -0.2) is 83.6 Å². The molecule has 1 fully saturated rings. The van der Waals surface area contributed by atoms with Crippen LogP contribution < -0.4 is 20.1 Å². The van der Waals surface area contributed by atoms with E-state index in [-0.39, 0.29) is 5.75 Å². The number of nitrogens with zero attached hydrogens (tertiary/aromatic N) is 3. The molecule has 0 unspecified atom stereocenters. The lowest BCUT2D eigenvalue weighted by Crippen LogP contribution is -2.30. The maximum atomic E-state index is 11.9. The van der Waals surface area contributed by atoms with Crippen LogP contribution in [0, 0.1) is 0 Å². The molecule has 1 saturated heterocycles. The van der Waals surface area contributed by atoms with Crippen molar-refractivity contribution in [3.8, 4) is 11.5 Å². The minimum Gasteiger partial charge on any atom is -0.493 e. The van der Waals surface area contributed by atoms with Gasteiger partial charge in [-0.25, -0.2) is 17.7 Å². The minimum atomic E-state index is -3.22. The summed E-state index contributed by atoms with van der Waals surface area (Å²) in [6.45, 7) is 8.34. The fourth-order valence-corrected chi connectivity index (χ4v) is 4.39. The van der Waals surface area contributed by atoms with E-state index in [4.69, 9.17) is 9.47 Å². The van der Waals surface area contributed by atoms with Crippen molar-refractivity contribution in [2.45, 2.75) is 39.5 Å². The third-order valence-corrected chi connectivity index (χ3v) is 7.60. The number of sulfonamides is 1. The lowest BCUT2D eigenvalue weighted by molar-refractivity contribution is 0.254. The van der Waals surface area contributed by atoms with Gasteiger partial charge in [0.1, 0.15) is 5.82 Å². The average molecular weight is 522 g/mol. The van der Waals surface area contributed by atoms with E-state index < -0.39 is 10.0 Å². The first-order chi connectivity index (χ1) is 17.2. The summed E-state index contributed by atoms with van der Waals surface area (Å²) < 4.78 is 36.5. The molecule has 0 spiro atoms. The molecule has 0 aliphatic carbocycles. The molecule has 1 heterocycles. The molecular formula is C26H43N5O4S. The van der Waals surface area contributed by atoms with Gasteiger partial charge in [0.25, 0.3) is 0 Å². The van der Waals surface area contributed by atoms with E-state index in [0.29, 0.717) is 30.5 Å². The highest BCUT2D eigenvalue weighted by molar-refractivity contribution is 7.89. The van der Waals surface area contributed by atoms with Crippen LogP contribution in [-0.2, 0) is 10.0 Å². The summed E-state index contributed by atoms with van der Waals surface area (Å²) >= 11 is 0. The molecule has 1 aliphatic rings. The van der Waals surface area contributed by atoms with Crippen molar-refractivity contribution >= 4 is 21.9 Å². The monoisotopic (exact) mass is 521 g/mol. The summed E-state index contributed by atoms with van der Waals surface area (Å²) in [5, 5.41) is 6.44. The molecular weight excluding hydrogens is 478 g/mol. The van der Waals surface area contributed by atoms with Crippen LogP contribution in [0.25, 0.3) is 0 Å². The minimum absolute atomic E-state index is 0.0327. The standard InChI is InChI=1S/C26H43N5O4S/c1-6-10-26(28-14-13-22(2)27-15-20-36(32,33)30(3)4)29-23-11-12-24(34-5)25(21-23)35-19-9-18-31-16-7-8-17-31/h10-14,21,27,29H,6-9,15-20H2,1-5H3/b22-13+,26-10-,28-14-. The van der Waals surface area contributed by atoms with E-state index in [0.717, 1.165) is 30.8 Å². The second-order valence-electron chi connectivity index (χ2n) is 8.89. The molecule has 1 aromatic rings. The lowest BCUT2D eigenvalue weighted by atomic mass is 10.2. The number of anilines is 1. The number of methoxy groups -OCH3 is 1. The third kappa shape index (κ3) is 10.6. The Morgan fingerprint density at radius 2 is 1.97 bits per heavy atom. The summed E-state index contributed by atoms with van der Waals surface area (Å²) in [6.07, 6.45) is 9.90. The molecule has 10 heteroatoms. The summed E-state index contributed by atoms with van der Waals surface area (Å²) in [7, 11) is 1.49. The number of ether oxygens (including phenoxy) is 2. The summed E-state index contributed by atoms with van der Waals surface area (Å²) in [4.78, 5) is 7.01. The van der Waals surface area contributed by atoms with E-state index >= 15 is 0 Å². The zero-order valence-electron chi connectivity index (χ0n) is 22.4. The van der Waals surface area contributed by atoms with Gasteiger partial charge in [-0.15, -0.1) is 0 Å². The first-order valence-electron chi connectivity index (χ1n) is 12.6. The van der Waals surface area contributed by atoms with Gasteiger partial charge < -0.3 is 25.0 Å². The average Bonchev–Trinajstić information content (AvgIpc) is 3.35. The highest BCUT2D eigenvalue weighted by Gasteiger charge is 2.13. The Labute approximate surface area is 217 Å². The topological polar surface area (TPSA) is 95.5 Å². The quantitative estimate of drug-likeness (QED) is 0.253. The van der Waals surface area contributed by atoms with E-state index in [1.54, 1.807) is 13.3 Å². The first kappa shape index (κ1) is 29.7. The highest BCUT2D eigenvalue weighted by atomic mass is 32.2. The van der Waals surface area contributed by atoms with Crippen molar-refractivity contribution in [2.75, 3.05) is 65.1 Å². The summed E-state index contributed by atoms with van der Waals surface area (Å²) in [5.74, 6) is 2.15. The Balaban J connectivity index is 1.93. The number of hydrogen-bond acceptors (Lipinski definition) is 8. The predicted molar refractivity (Wildman–Crippen MR) is 149 cm³/mol. The first-order valence-corrected chi connectivity index (χ1v) is 14.2. The number of hydrogen-bond donors (Lipinski definition) is 2. The number of likely N-dealkylation sites (tertiary alicyclic amines) is 1. The molecule has 1 aliphatic heterocycles. The van der Waals surface area contributed by atoms with Gasteiger partial charge in [0, 0.05) is 50.9 Å². The van der Waals surface area contributed by atoms with E-state index in [9.17, 15) is 8.42 Å². The van der Waals surface area contributed by atoms with Gasteiger partial charge in [-0.1, -0.05) is 6.92 Å². The highest BCUT2D eigenvalue weighted by Crippen LogP contribution is 2.31. The van der Waals surface area contributed by atoms with Crippen molar-refractivity contribution < 1.29 is 17.9 Å². The molecule has 0 amide bonds. The molecule has 202 valence electrons. The van der Waals surface area contributed by atoms with Crippen molar-refractivity contribution in [1.29, 1.82) is 0 Å². The van der Waals surface area contributed by atoms with Gasteiger partial charge >= 0.3 is 0 Å². The molecule has 9 nitrogen and oxygen atoms in total. The Morgan fingerprint density at radius 1 is 1.22 bits per heavy atom. The fourth-order valence-electron chi connectivity index (χ4n) is 3.67. The zero-order valence-corrected chi connectivity index (χ0v) is 23.2. The maximum Gasteiger partial charge on any atom is 0.215 e. The van der Waals surface area contributed by atoms with Crippen molar-refractivity contribution in [2.24, 2.45) is 4.99 Å². The predicted octanol–water partition coefficient (Wildman–Crippen LogP) is 3.68. The van der Waals surface area contributed by atoms with Crippen LogP contribution in [0.15, 0.2) is 46.9 Å². The zero-order chi connectivity index (χ0) is 26.4. The van der Waals surface area contributed by atoms with Gasteiger partial charge in [0.05, 0.1) is 19.5 Å².